The summed E-state index contributed by atoms with van der Waals surface area (Å²) in [6, 6.07) is 5.47. The molecule has 1 aliphatic rings. The molecule has 1 fully saturated rings. The first kappa shape index (κ1) is 21.3. The van der Waals surface area contributed by atoms with Gasteiger partial charge in [0.25, 0.3) is 0 Å². The van der Waals surface area contributed by atoms with Gasteiger partial charge in [0.1, 0.15) is 22.7 Å². The zero-order chi connectivity index (χ0) is 21.0. The van der Waals surface area contributed by atoms with Gasteiger partial charge in [-0.2, -0.15) is 5.26 Å². The van der Waals surface area contributed by atoms with Crippen LogP contribution in [-0.2, 0) is 16.1 Å². The van der Waals surface area contributed by atoms with Crippen molar-refractivity contribution in [3.8, 4) is 11.8 Å². The summed E-state index contributed by atoms with van der Waals surface area (Å²) in [6.07, 6.45) is 0. The zero-order valence-corrected chi connectivity index (χ0v) is 18.0. The molecular formula is C20H22BrN3O5. The monoisotopic (exact) mass is 463 g/mol. The van der Waals surface area contributed by atoms with E-state index in [0.29, 0.717) is 45.6 Å². The predicted molar refractivity (Wildman–Crippen MR) is 109 cm³/mol. The predicted octanol–water partition coefficient (Wildman–Crippen LogP) is 2.94. The summed E-state index contributed by atoms with van der Waals surface area (Å²) in [5, 5.41) is 9.38. The van der Waals surface area contributed by atoms with E-state index in [2.05, 4.69) is 31.8 Å². The van der Waals surface area contributed by atoms with Crippen molar-refractivity contribution in [3.05, 3.63) is 27.9 Å². The van der Waals surface area contributed by atoms with E-state index in [4.69, 9.17) is 19.2 Å². The van der Waals surface area contributed by atoms with Crippen LogP contribution in [0.15, 0.2) is 21.0 Å². The van der Waals surface area contributed by atoms with Gasteiger partial charge in [-0.15, -0.1) is 0 Å². The van der Waals surface area contributed by atoms with Crippen LogP contribution in [-0.4, -0.2) is 61.1 Å². The Labute approximate surface area is 177 Å². The Bertz CT molecular complexity index is 957. The van der Waals surface area contributed by atoms with E-state index in [1.54, 1.807) is 19.1 Å². The van der Waals surface area contributed by atoms with Gasteiger partial charge in [-0.3, -0.25) is 14.6 Å². The number of furan rings is 1. The third-order valence-electron chi connectivity index (χ3n) is 4.68. The van der Waals surface area contributed by atoms with E-state index in [1.165, 1.54) is 6.92 Å². The second-order valence-corrected chi connectivity index (χ2v) is 7.56. The molecule has 29 heavy (non-hydrogen) atoms. The highest BCUT2D eigenvalue weighted by Crippen LogP contribution is 2.36. The van der Waals surface area contributed by atoms with Crippen molar-refractivity contribution in [1.82, 2.24) is 9.80 Å². The van der Waals surface area contributed by atoms with Crippen LogP contribution in [0, 0.1) is 11.3 Å². The largest absolute Gasteiger partial charge is 0.462 e. The minimum absolute atomic E-state index is 0.241. The molecular weight excluding hydrogens is 442 g/mol. The number of hydrogen-bond donors (Lipinski definition) is 0. The third-order valence-corrected chi connectivity index (χ3v) is 5.29. The highest BCUT2D eigenvalue weighted by molar-refractivity contribution is 9.10. The first-order chi connectivity index (χ1) is 13.9. The highest BCUT2D eigenvalue weighted by atomic mass is 79.9. The Kier molecular flexibility index (Phi) is 6.90. The third kappa shape index (κ3) is 4.96. The second kappa shape index (κ2) is 9.39. The van der Waals surface area contributed by atoms with Crippen molar-refractivity contribution in [3.63, 3.8) is 0 Å². The van der Waals surface area contributed by atoms with Gasteiger partial charge >= 0.3 is 11.9 Å². The summed E-state index contributed by atoms with van der Waals surface area (Å²) < 4.78 is 17.0. The van der Waals surface area contributed by atoms with Gasteiger partial charge < -0.3 is 13.9 Å². The molecule has 0 unspecified atom stereocenters. The molecule has 2 heterocycles. The lowest BCUT2D eigenvalue weighted by atomic mass is 10.1. The zero-order valence-electron chi connectivity index (χ0n) is 16.4. The number of carbonyl (C=O) groups excluding carboxylic acids is 2. The molecule has 0 aliphatic carbocycles. The normalized spacial score (nSPS) is 15.2. The average Bonchev–Trinajstić information content (AvgIpc) is 3.00. The minimum Gasteiger partial charge on any atom is -0.462 e. The number of benzene rings is 1. The maximum atomic E-state index is 12.7. The number of fused-ring (bicyclic) bond motifs is 1. The Hall–Kier alpha value is -2.41. The number of rotatable bonds is 6. The number of piperazine rings is 1. The van der Waals surface area contributed by atoms with Crippen LogP contribution in [0.4, 0.5) is 0 Å². The molecule has 1 aromatic heterocycles. The van der Waals surface area contributed by atoms with Crippen LogP contribution in [0.1, 0.15) is 30.0 Å². The van der Waals surface area contributed by atoms with Crippen molar-refractivity contribution in [1.29, 1.82) is 5.26 Å². The van der Waals surface area contributed by atoms with Crippen molar-refractivity contribution in [2.45, 2.75) is 20.4 Å². The number of carbonyl (C=O) groups is 2. The lowest BCUT2D eigenvalue weighted by molar-refractivity contribution is -0.131. The number of nitrogens with zero attached hydrogens (tertiary/aromatic N) is 3. The van der Waals surface area contributed by atoms with Gasteiger partial charge in [-0.05, 0) is 35.0 Å². The van der Waals surface area contributed by atoms with E-state index in [0.717, 1.165) is 26.2 Å². The van der Waals surface area contributed by atoms with E-state index in [1.807, 2.05) is 0 Å². The van der Waals surface area contributed by atoms with Crippen molar-refractivity contribution in [2.24, 2.45) is 0 Å². The van der Waals surface area contributed by atoms with E-state index < -0.39 is 11.9 Å². The number of nitriles is 1. The van der Waals surface area contributed by atoms with Gasteiger partial charge in [0.05, 0.1) is 30.2 Å². The molecule has 1 aromatic carbocycles. The van der Waals surface area contributed by atoms with E-state index in [-0.39, 0.29) is 6.61 Å². The molecule has 0 saturated carbocycles. The molecule has 8 nitrogen and oxygen atoms in total. The molecule has 3 rings (SSSR count). The topological polar surface area (TPSA) is 96.0 Å². The van der Waals surface area contributed by atoms with Crippen LogP contribution >= 0.6 is 15.9 Å². The van der Waals surface area contributed by atoms with E-state index in [9.17, 15) is 9.59 Å². The number of esters is 2. The molecule has 1 saturated heterocycles. The number of hydrogen-bond acceptors (Lipinski definition) is 8. The fourth-order valence-corrected chi connectivity index (χ4v) is 3.73. The molecule has 1 aliphatic heterocycles. The van der Waals surface area contributed by atoms with Crippen LogP contribution in [0.25, 0.3) is 11.0 Å². The standard InChI is InChI=1S/C20H22BrN3O5/c1-3-27-20(26)19-14-10-17(28-13(2)25)15(21)11-16(14)29-18(19)12-24-8-6-23(5-4-22)7-9-24/h10-11H,3,5-9,12H2,1-2H3. The molecule has 0 atom stereocenters. The van der Waals surface area contributed by atoms with E-state index >= 15 is 0 Å². The lowest BCUT2D eigenvalue weighted by Crippen LogP contribution is -2.45. The van der Waals surface area contributed by atoms with Gasteiger partial charge in [0, 0.05) is 38.5 Å². The first-order valence-electron chi connectivity index (χ1n) is 9.35. The molecule has 0 radical (unpaired) electrons. The summed E-state index contributed by atoms with van der Waals surface area (Å²) >= 11 is 3.37. The molecule has 0 bridgehead atoms. The maximum absolute atomic E-state index is 12.7. The summed E-state index contributed by atoms with van der Waals surface area (Å²) in [7, 11) is 0. The van der Waals surface area contributed by atoms with Crippen LogP contribution in [0.3, 0.4) is 0 Å². The second-order valence-electron chi connectivity index (χ2n) is 6.70. The van der Waals surface area contributed by atoms with Gasteiger partial charge in [-0.1, -0.05) is 0 Å². The Balaban J connectivity index is 1.93. The summed E-state index contributed by atoms with van der Waals surface area (Å²) in [5.41, 5.74) is 0.858. The summed E-state index contributed by atoms with van der Waals surface area (Å²) in [4.78, 5) is 28.3. The minimum atomic E-state index is -0.472. The van der Waals surface area contributed by atoms with Crippen LogP contribution < -0.4 is 4.74 Å². The number of ether oxygens (including phenoxy) is 2. The quantitative estimate of drug-likeness (QED) is 0.366. The Morgan fingerprint density at radius 2 is 1.93 bits per heavy atom. The lowest BCUT2D eigenvalue weighted by Gasteiger charge is -2.32. The maximum Gasteiger partial charge on any atom is 0.342 e. The van der Waals surface area contributed by atoms with Gasteiger partial charge in [0.15, 0.2) is 0 Å². The highest BCUT2D eigenvalue weighted by Gasteiger charge is 2.26. The molecule has 154 valence electrons. The molecule has 0 N–H and O–H groups in total. The van der Waals surface area contributed by atoms with Crippen molar-refractivity contribution in [2.75, 3.05) is 39.3 Å². The Morgan fingerprint density at radius 3 is 2.55 bits per heavy atom. The molecule has 0 amide bonds. The van der Waals surface area contributed by atoms with Gasteiger partial charge in [-0.25, -0.2) is 4.79 Å². The Morgan fingerprint density at radius 1 is 1.24 bits per heavy atom. The van der Waals surface area contributed by atoms with Crippen molar-refractivity contribution < 1.29 is 23.5 Å². The fourth-order valence-electron chi connectivity index (χ4n) is 3.33. The first-order valence-corrected chi connectivity index (χ1v) is 10.1. The molecule has 2 aromatic rings. The van der Waals surface area contributed by atoms with Crippen molar-refractivity contribution >= 4 is 38.8 Å². The summed E-state index contributed by atoms with van der Waals surface area (Å²) in [5.74, 6) is -0.103. The summed E-state index contributed by atoms with van der Waals surface area (Å²) in [6.45, 7) is 7.27. The fraction of sp³-hybridized carbons (Fsp3) is 0.450. The van der Waals surface area contributed by atoms with Crippen LogP contribution in [0.5, 0.6) is 5.75 Å². The smallest absolute Gasteiger partial charge is 0.342 e. The molecule has 0 spiro atoms. The SMILES string of the molecule is CCOC(=O)c1c(CN2CCN(CC#N)CC2)oc2cc(Br)c(OC(C)=O)cc12. The average molecular weight is 464 g/mol. The van der Waals surface area contributed by atoms with Gasteiger partial charge in [0.2, 0.25) is 0 Å². The van der Waals surface area contributed by atoms with Crippen LogP contribution in [0.2, 0.25) is 0 Å². The molecule has 9 heteroatoms. The number of halogens is 1.